The van der Waals surface area contributed by atoms with Gasteiger partial charge in [0.15, 0.2) is 0 Å². The number of hydrogen-bond acceptors (Lipinski definition) is 5. The first-order valence-electron chi connectivity index (χ1n) is 11.4. The van der Waals surface area contributed by atoms with Crippen LogP contribution in [0.25, 0.3) is 0 Å². The van der Waals surface area contributed by atoms with E-state index in [4.69, 9.17) is 32.5 Å². The maximum absolute atomic E-state index is 12.7. The Morgan fingerprint density at radius 3 is 2.53 bits per heavy atom. The van der Waals surface area contributed by atoms with Crippen LogP contribution in [-0.4, -0.2) is 53.7 Å². The van der Waals surface area contributed by atoms with E-state index >= 15 is 0 Å². The van der Waals surface area contributed by atoms with Crippen molar-refractivity contribution in [3.05, 3.63) is 33.8 Å². The van der Waals surface area contributed by atoms with Crippen LogP contribution in [0.2, 0.25) is 10.0 Å². The maximum atomic E-state index is 12.7. The normalized spacial score (nSPS) is 27.3. The monoisotopic (exact) mass is 512 g/mol. The Bertz CT molecular complexity index is 963. The zero-order chi connectivity index (χ0) is 25.3. The summed E-state index contributed by atoms with van der Waals surface area (Å²) in [4.78, 5) is 36.7. The number of halogens is 2. The van der Waals surface area contributed by atoms with Crippen LogP contribution < -0.4 is 10.6 Å². The lowest BCUT2D eigenvalue weighted by atomic mass is 9.69. The molecular formula is C23H31BCl2N2O6. The van der Waals surface area contributed by atoms with Crippen molar-refractivity contribution in [2.45, 2.75) is 70.5 Å². The number of rotatable bonds is 8. The van der Waals surface area contributed by atoms with Crippen molar-refractivity contribution in [2.75, 3.05) is 6.54 Å². The molecular weight excluding hydrogens is 482 g/mol. The molecule has 0 bridgehead atoms. The van der Waals surface area contributed by atoms with E-state index in [0.717, 1.165) is 0 Å². The van der Waals surface area contributed by atoms with Crippen LogP contribution in [-0.2, 0) is 18.9 Å². The van der Waals surface area contributed by atoms with Crippen LogP contribution in [0.1, 0.15) is 63.7 Å². The van der Waals surface area contributed by atoms with Crippen molar-refractivity contribution in [1.29, 1.82) is 0 Å². The topological polar surface area (TPSA) is 114 Å². The van der Waals surface area contributed by atoms with Gasteiger partial charge in [-0.05, 0) is 63.6 Å². The first-order valence-corrected chi connectivity index (χ1v) is 12.2. The van der Waals surface area contributed by atoms with Gasteiger partial charge in [-0.1, -0.05) is 37.0 Å². The fourth-order valence-corrected chi connectivity index (χ4v) is 5.08. The minimum atomic E-state index is -0.835. The van der Waals surface area contributed by atoms with Crippen LogP contribution in [0, 0.1) is 11.8 Å². The van der Waals surface area contributed by atoms with Gasteiger partial charge in [0, 0.05) is 5.02 Å². The second kappa shape index (κ2) is 10.4. The number of carbonyl (C=O) groups is 3. The van der Waals surface area contributed by atoms with E-state index in [0.29, 0.717) is 30.7 Å². The van der Waals surface area contributed by atoms with Crippen LogP contribution in [0.15, 0.2) is 18.2 Å². The summed E-state index contributed by atoms with van der Waals surface area (Å²) in [5.74, 6) is -2.49. The number of amides is 2. The summed E-state index contributed by atoms with van der Waals surface area (Å²) < 4.78 is 12.6. The molecule has 3 rings (SSSR count). The molecule has 1 aromatic rings. The molecule has 0 aromatic heterocycles. The highest BCUT2D eigenvalue weighted by Crippen LogP contribution is 2.50. The number of carboxylic acids is 1. The predicted octanol–water partition coefficient (Wildman–Crippen LogP) is 3.73. The Balaban J connectivity index is 1.66. The third kappa shape index (κ3) is 5.87. The first-order chi connectivity index (χ1) is 15.8. The lowest BCUT2D eigenvalue weighted by Gasteiger charge is -2.45. The Labute approximate surface area is 210 Å². The SMILES string of the molecule is CC(C)C[C@H](NC(=O)CNC(=O)c1cc(Cl)ccc1Cl)B1OC2(C)CCC(C(=O)O)CC2(C)O1. The third-order valence-corrected chi connectivity index (χ3v) is 7.37. The van der Waals surface area contributed by atoms with Gasteiger partial charge in [0.25, 0.3) is 5.91 Å². The minimum Gasteiger partial charge on any atom is -0.481 e. The van der Waals surface area contributed by atoms with Gasteiger partial charge in [0.2, 0.25) is 5.91 Å². The zero-order valence-corrected chi connectivity index (χ0v) is 21.3. The third-order valence-electron chi connectivity index (χ3n) is 6.81. The summed E-state index contributed by atoms with van der Waals surface area (Å²) in [7, 11) is -0.730. The Morgan fingerprint density at radius 1 is 1.21 bits per heavy atom. The molecule has 4 atom stereocenters. The molecule has 0 radical (unpaired) electrons. The van der Waals surface area contributed by atoms with Gasteiger partial charge in [-0.3, -0.25) is 14.4 Å². The van der Waals surface area contributed by atoms with Crippen molar-refractivity contribution in [1.82, 2.24) is 10.6 Å². The molecule has 34 heavy (non-hydrogen) atoms. The van der Waals surface area contributed by atoms with Gasteiger partial charge in [0.1, 0.15) is 0 Å². The molecule has 11 heteroatoms. The summed E-state index contributed by atoms with van der Waals surface area (Å²) in [6.45, 7) is 7.60. The Hall–Kier alpha value is -1.81. The van der Waals surface area contributed by atoms with Gasteiger partial charge in [-0.25, -0.2) is 0 Å². The standard InChI is InChI=1S/C23H31BCl2N2O6/c1-13(2)9-18(24-33-22(3)8-7-14(21(31)32)11-23(22,4)34-24)28-19(29)12-27-20(30)16-10-15(25)5-6-17(16)26/h5-6,10,13-14,18H,7-9,11-12H2,1-4H3,(H,27,30)(H,28,29)(H,31,32)/t14?,18-,22?,23?/m0/s1. The molecule has 1 aliphatic carbocycles. The molecule has 1 saturated heterocycles. The molecule has 186 valence electrons. The van der Waals surface area contributed by atoms with E-state index in [2.05, 4.69) is 10.6 Å². The Kier molecular flexibility index (Phi) is 8.23. The molecule has 1 heterocycles. The second-order valence-electron chi connectivity index (χ2n) is 9.95. The van der Waals surface area contributed by atoms with Crippen molar-refractivity contribution in [3.8, 4) is 0 Å². The number of fused-ring (bicyclic) bond motifs is 1. The number of hydrogen-bond donors (Lipinski definition) is 3. The van der Waals surface area contributed by atoms with Gasteiger partial charge >= 0.3 is 13.1 Å². The summed E-state index contributed by atoms with van der Waals surface area (Å²) >= 11 is 12.0. The molecule has 3 unspecified atom stereocenters. The molecule has 8 nitrogen and oxygen atoms in total. The predicted molar refractivity (Wildman–Crippen MR) is 130 cm³/mol. The highest BCUT2D eigenvalue weighted by atomic mass is 35.5. The molecule has 1 aromatic carbocycles. The number of benzene rings is 1. The summed E-state index contributed by atoms with van der Waals surface area (Å²) in [5.41, 5.74) is -1.25. The lowest BCUT2D eigenvalue weighted by molar-refractivity contribution is -0.150. The minimum absolute atomic E-state index is 0.182. The molecule has 2 aliphatic rings. The lowest BCUT2D eigenvalue weighted by Crippen LogP contribution is -2.52. The quantitative estimate of drug-likeness (QED) is 0.457. The van der Waals surface area contributed by atoms with Gasteiger partial charge < -0.3 is 25.0 Å². The largest absolute Gasteiger partial charge is 0.481 e. The second-order valence-corrected chi connectivity index (χ2v) is 10.8. The van der Waals surface area contributed by atoms with Crippen LogP contribution in [0.3, 0.4) is 0 Å². The van der Waals surface area contributed by atoms with Crippen molar-refractivity contribution >= 4 is 48.1 Å². The van der Waals surface area contributed by atoms with Crippen molar-refractivity contribution < 1.29 is 28.8 Å². The van der Waals surface area contributed by atoms with E-state index in [9.17, 15) is 19.5 Å². The van der Waals surface area contributed by atoms with Crippen LogP contribution >= 0.6 is 23.2 Å². The summed E-state index contributed by atoms with van der Waals surface area (Å²) in [6.07, 6.45) is 1.99. The number of aliphatic carboxylic acids is 1. The van der Waals surface area contributed by atoms with E-state index < -0.39 is 48.0 Å². The Morgan fingerprint density at radius 2 is 1.88 bits per heavy atom. The van der Waals surface area contributed by atoms with E-state index in [1.807, 2.05) is 27.7 Å². The highest BCUT2D eigenvalue weighted by molar-refractivity contribution is 6.48. The maximum Gasteiger partial charge on any atom is 0.481 e. The van der Waals surface area contributed by atoms with Crippen molar-refractivity contribution in [3.63, 3.8) is 0 Å². The smallest absolute Gasteiger partial charge is 0.481 e. The average Bonchev–Trinajstić information content (AvgIpc) is 3.03. The summed E-state index contributed by atoms with van der Waals surface area (Å²) in [5, 5.41) is 15.6. The summed E-state index contributed by atoms with van der Waals surface area (Å²) in [6, 6.07) is 4.52. The molecule has 2 fully saturated rings. The fourth-order valence-electron chi connectivity index (χ4n) is 4.70. The zero-order valence-electron chi connectivity index (χ0n) is 19.8. The molecule has 0 spiro atoms. The number of nitrogens with one attached hydrogen (secondary N) is 2. The average molecular weight is 513 g/mol. The number of carboxylic acid groups (broad SMARTS) is 1. The molecule has 1 aliphatic heterocycles. The van der Waals surface area contributed by atoms with Gasteiger partial charge in [0.05, 0.1) is 40.2 Å². The first kappa shape index (κ1) is 26.8. The molecule has 3 N–H and O–H groups in total. The highest BCUT2D eigenvalue weighted by Gasteiger charge is 2.61. The van der Waals surface area contributed by atoms with E-state index in [1.165, 1.54) is 12.1 Å². The van der Waals surface area contributed by atoms with Gasteiger partial charge in [-0.2, -0.15) is 0 Å². The fraction of sp³-hybridized carbons (Fsp3) is 0.609. The van der Waals surface area contributed by atoms with E-state index in [1.54, 1.807) is 6.07 Å². The van der Waals surface area contributed by atoms with E-state index in [-0.39, 0.29) is 23.0 Å². The molecule has 1 saturated carbocycles. The molecule has 2 amide bonds. The van der Waals surface area contributed by atoms with Crippen LogP contribution in [0.5, 0.6) is 0 Å². The van der Waals surface area contributed by atoms with Crippen LogP contribution in [0.4, 0.5) is 0 Å². The van der Waals surface area contributed by atoms with Crippen molar-refractivity contribution in [2.24, 2.45) is 11.8 Å². The number of carbonyl (C=O) groups excluding carboxylic acids is 2. The van der Waals surface area contributed by atoms with Gasteiger partial charge in [-0.15, -0.1) is 0 Å².